The van der Waals surface area contributed by atoms with Gasteiger partial charge >= 0.3 is 0 Å². The standard InChI is InChI=1S/C20H29FN2O2/c1-15-6-2-5-9-18(15)22-19(24)14-23-12-10-20(25,11-13-23)16-7-3-4-8-17(16)21/h3-4,7-8,15,18,25H,2,5-6,9-14H2,1H3,(H,22,24). The quantitative estimate of drug-likeness (QED) is 0.880. The van der Waals surface area contributed by atoms with Crippen LogP contribution in [0.1, 0.15) is 51.0 Å². The lowest BCUT2D eigenvalue weighted by atomic mass is 9.84. The monoisotopic (exact) mass is 348 g/mol. The number of aliphatic hydroxyl groups is 1. The van der Waals surface area contributed by atoms with Crippen molar-refractivity contribution < 1.29 is 14.3 Å². The molecule has 1 saturated carbocycles. The molecule has 1 aliphatic heterocycles. The molecular weight excluding hydrogens is 319 g/mol. The van der Waals surface area contributed by atoms with Gasteiger partial charge in [-0.3, -0.25) is 9.69 Å². The Balaban J connectivity index is 1.50. The van der Waals surface area contributed by atoms with E-state index in [1.165, 1.54) is 25.3 Å². The minimum Gasteiger partial charge on any atom is -0.385 e. The van der Waals surface area contributed by atoms with Gasteiger partial charge in [0, 0.05) is 24.7 Å². The van der Waals surface area contributed by atoms with Crippen molar-refractivity contribution in [1.82, 2.24) is 10.2 Å². The van der Waals surface area contributed by atoms with E-state index < -0.39 is 5.60 Å². The zero-order chi connectivity index (χ0) is 17.9. The van der Waals surface area contributed by atoms with E-state index in [1.54, 1.807) is 18.2 Å². The van der Waals surface area contributed by atoms with Crippen LogP contribution in [0.3, 0.4) is 0 Å². The lowest BCUT2D eigenvalue weighted by Crippen LogP contribution is -2.49. The Kier molecular flexibility index (Phi) is 5.74. The molecule has 0 aromatic heterocycles. The Morgan fingerprint density at radius 2 is 1.96 bits per heavy atom. The molecule has 4 nitrogen and oxygen atoms in total. The zero-order valence-corrected chi connectivity index (χ0v) is 15.0. The van der Waals surface area contributed by atoms with Gasteiger partial charge in [-0.1, -0.05) is 38.0 Å². The predicted octanol–water partition coefficient (Wildman–Crippen LogP) is 2.80. The molecule has 2 aliphatic rings. The summed E-state index contributed by atoms with van der Waals surface area (Å²) >= 11 is 0. The molecule has 0 bridgehead atoms. The van der Waals surface area contributed by atoms with Crippen LogP contribution in [-0.2, 0) is 10.4 Å². The van der Waals surface area contributed by atoms with Crippen molar-refractivity contribution in [3.8, 4) is 0 Å². The van der Waals surface area contributed by atoms with Crippen molar-refractivity contribution in [2.75, 3.05) is 19.6 Å². The van der Waals surface area contributed by atoms with Gasteiger partial charge in [-0.15, -0.1) is 0 Å². The third-order valence-electron chi connectivity index (χ3n) is 5.88. The fraction of sp³-hybridized carbons (Fsp3) is 0.650. The summed E-state index contributed by atoms with van der Waals surface area (Å²) in [4.78, 5) is 14.4. The molecule has 25 heavy (non-hydrogen) atoms. The molecule has 2 atom stereocenters. The van der Waals surface area contributed by atoms with Crippen LogP contribution >= 0.6 is 0 Å². The molecule has 2 fully saturated rings. The van der Waals surface area contributed by atoms with Gasteiger partial charge in [0.2, 0.25) is 5.91 Å². The molecule has 1 aliphatic carbocycles. The van der Waals surface area contributed by atoms with E-state index in [-0.39, 0.29) is 11.7 Å². The molecule has 1 aromatic rings. The molecule has 138 valence electrons. The van der Waals surface area contributed by atoms with Crippen LogP contribution in [0.15, 0.2) is 24.3 Å². The Bertz CT molecular complexity index is 599. The molecule has 3 rings (SSSR count). The molecule has 5 heteroatoms. The van der Waals surface area contributed by atoms with Gasteiger partial charge < -0.3 is 10.4 Å². The molecule has 0 spiro atoms. The van der Waals surface area contributed by atoms with E-state index in [1.807, 2.05) is 0 Å². The number of carbonyl (C=O) groups is 1. The first-order valence-corrected chi connectivity index (χ1v) is 9.47. The fourth-order valence-electron chi connectivity index (χ4n) is 4.18. The van der Waals surface area contributed by atoms with E-state index in [0.717, 1.165) is 6.42 Å². The van der Waals surface area contributed by atoms with Crippen molar-refractivity contribution in [2.45, 2.75) is 57.1 Å². The Morgan fingerprint density at radius 3 is 2.64 bits per heavy atom. The van der Waals surface area contributed by atoms with Crippen LogP contribution in [-0.4, -0.2) is 41.6 Å². The number of benzene rings is 1. The summed E-state index contributed by atoms with van der Waals surface area (Å²) in [5, 5.41) is 14.0. The maximum absolute atomic E-state index is 14.0. The van der Waals surface area contributed by atoms with Crippen LogP contribution in [0.2, 0.25) is 0 Å². The number of rotatable bonds is 4. The Labute approximate surface area is 149 Å². The highest BCUT2D eigenvalue weighted by Gasteiger charge is 2.36. The SMILES string of the molecule is CC1CCCCC1NC(=O)CN1CCC(O)(c2ccccc2F)CC1. The summed E-state index contributed by atoms with van der Waals surface area (Å²) in [5.74, 6) is 0.253. The van der Waals surface area contributed by atoms with E-state index in [2.05, 4.69) is 17.1 Å². The van der Waals surface area contributed by atoms with Crippen molar-refractivity contribution in [3.63, 3.8) is 0 Å². The van der Waals surface area contributed by atoms with Gasteiger partial charge in [0.05, 0.1) is 12.1 Å². The smallest absolute Gasteiger partial charge is 0.234 e. The normalized spacial score (nSPS) is 27.0. The number of piperidine rings is 1. The molecule has 1 aromatic carbocycles. The first-order valence-electron chi connectivity index (χ1n) is 9.47. The first kappa shape index (κ1) is 18.3. The predicted molar refractivity (Wildman–Crippen MR) is 95.5 cm³/mol. The van der Waals surface area contributed by atoms with Crippen LogP contribution < -0.4 is 5.32 Å². The maximum Gasteiger partial charge on any atom is 0.234 e. The van der Waals surface area contributed by atoms with Crippen LogP contribution in [0.25, 0.3) is 0 Å². The molecular formula is C20H29FN2O2. The van der Waals surface area contributed by atoms with Crippen molar-refractivity contribution in [3.05, 3.63) is 35.6 Å². The Morgan fingerprint density at radius 1 is 1.28 bits per heavy atom. The number of hydrogen-bond donors (Lipinski definition) is 2. The summed E-state index contributed by atoms with van der Waals surface area (Å²) in [6.45, 7) is 3.76. The van der Waals surface area contributed by atoms with Gasteiger partial charge in [-0.25, -0.2) is 4.39 Å². The zero-order valence-electron chi connectivity index (χ0n) is 15.0. The average molecular weight is 348 g/mol. The van der Waals surface area contributed by atoms with E-state index >= 15 is 0 Å². The number of nitrogens with zero attached hydrogens (tertiary/aromatic N) is 1. The second-order valence-corrected chi connectivity index (χ2v) is 7.72. The highest BCUT2D eigenvalue weighted by molar-refractivity contribution is 5.78. The molecule has 1 heterocycles. The number of carbonyl (C=O) groups excluding carboxylic acids is 1. The van der Waals surface area contributed by atoms with Crippen LogP contribution in [0.4, 0.5) is 4.39 Å². The molecule has 1 saturated heterocycles. The second-order valence-electron chi connectivity index (χ2n) is 7.72. The van der Waals surface area contributed by atoms with Gasteiger partial charge in [0.1, 0.15) is 5.82 Å². The minimum atomic E-state index is -1.13. The molecule has 2 unspecified atom stereocenters. The number of nitrogens with one attached hydrogen (secondary N) is 1. The summed E-state index contributed by atoms with van der Waals surface area (Å²) in [5.41, 5.74) is -0.758. The average Bonchev–Trinajstić information content (AvgIpc) is 2.59. The maximum atomic E-state index is 14.0. The third-order valence-corrected chi connectivity index (χ3v) is 5.88. The van der Waals surface area contributed by atoms with Gasteiger partial charge in [-0.05, 0) is 37.7 Å². The lowest BCUT2D eigenvalue weighted by Gasteiger charge is -2.38. The fourth-order valence-corrected chi connectivity index (χ4v) is 4.18. The van der Waals surface area contributed by atoms with Crippen LogP contribution in [0.5, 0.6) is 0 Å². The van der Waals surface area contributed by atoms with E-state index in [9.17, 15) is 14.3 Å². The highest BCUT2D eigenvalue weighted by atomic mass is 19.1. The largest absolute Gasteiger partial charge is 0.385 e. The molecule has 2 N–H and O–H groups in total. The van der Waals surface area contributed by atoms with Crippen molar-refractivity contribution in [2.24, 2.45) is 5.92 Å². The topological polar surface area (TPSA) is 52.6 Å². The minimum absolute atomic E-state index is 0.0649. The summed E-state index contributed by atoms with van der Waals surface area (Å²) < 4.78 is 14.0. The molecule has 1 amide bonds. The Hall–Kier alpha value is -1.46. The van der Waals surface area contributed by atoms with E-state index in [0.29, 0.717) is 50.0 Å². The van der Waals surface area contributed by atoms with E-state index in [4.69, 9.17) is 0 Å². The van der Waals surface area contributed by atoms with Crippen molar-refractivity contribution in [1.29, 1.82) is 0 Å². The molecule has 0 radical (unpaired) electrons. The second kappa shape index (κ2) is 7.83. The number of halogens is 1. The number of likely N-dealkylation sites (tertiary alicyclic amines) is 1. The van der Waals surface area contributed by atoms with Crippen molar-refractivity contribution >= 4 is 5.91 Å². The number of hydrogen-bond acceptors (Lipinski definition) is 3. The van der Waals surface area contributed by atoms with Crippen LogP contribution in [0, 0.1) is 11.7 Å². The lowest BCUT2D eigenvalue weighted by molar-refractivity contribution is -0.125. The van der Waals surface area contributed by atoms with Gasteiger partial charge in [0.15, 0.2) is 0 Å². The highest BCUT2D eigenvalue weighted by Crippen LogP contribution is 2.34. The first-order chi connectivity index (χ1) is 12.0. The summed E-state index contributed by atoms with van der Waals surface area (Å²) in [6, 6.07) is 6.72. The third kappa shape index (κ3) is 4.39. The van der Waals surface area contributed by atoms with Gasteiger partial charge in [-0.2, -0.15) is 0 Å². The van der Waals surface area contributed by atoms with Gasteiger partial charge in [0.25, 0.3) is 0 Å². The summed E-state index contributed by atoms with van der Waals surface area (Å²) in [7, 11) is 0. The summed E-state index contributed by atoms with van der Waals surface area (Å²) in [6.07, 6.45) is 5.59. The number of amides is 1.